The number of nitrogens with zero attached hydrogens (tertiary/aromatic N) is 2. The summed E-state index contributed by atoms with van der Waals surface area (Å²) in [6, 6.07) is 6.59. The summed E-state index contributed by atoms with van der Waals surface area (Å²) in [5, 5.41) is 10.0. The van der Waals surface area contributed by atoms with Crippen molar-refractivity contribution in [2.24, 2.45) is 0 Å². The van der Waals surface area contributed by atoms with Crippen molar-refractivity contribution in [2.75, 3.05) is 12.8 Å². The highest BCUT2D eigenvalue weighted by Gasteiger charge is 2.19. The zero-order valence-electron chi connectivity index (χ0n) is 11.5. The molecule has 1 amide bonds. The van der Waals surface area contributed by atoms with Gasteiger partial charge in [0.25, 0.3) is 11.5 Å². The predicted molar refractivity (Wildman–Crippen MR) is 88.0 cm³/mol. The number of hydrogen-bond donors (Lipinski definition) is 2. The number of halogens is 1. The van der Waals surface area contributed by atoms with E-state index in [0.717, 1.165) is 4.68 Å². The molecule has 0 aliphatic rings. The van der Waals surface area contributed by atoms with E-state index in [4.69, 9.17) is 17.3 Å². The van der Waals surface area contributed by atoms with Gasteiger partial charge in [0.05, 0.1) is 16.1 Å². The standard InChI is InChI=1S/C14H11ClN4O2S/c1-17-13(20)11-9-6-22-12(16)10(9)14(21)19(18-11)8-4-2-7(15)3-5-8/h2-6H,16H2,1H3,(H,17,20). The molecule has 0 radical (unpaired) electrons. The summed E-state index contributed by atoms with van der Waals surface area (Å²) in [4.78, 5) is 24.7. The van der Waals surface area contributed by atoms with Crippen LogP contribution in [0.3, 0.4) is 0 Å². The van der Waals surface area contributed by atoms with Crippen molar-refractivity contribution in [1.29, 1.82) is 0 Å². The van der Waals surface area contributed by atoms with E-state index >= 15 is 0 Å². The number of benzene rings is 1. The number of amides is 1. The third kappa shape index (κ3) is 2.24. The van der Waals surface area contributed by atoms with Gasteiger partial charge in [-0.3, -0.25) is 9.59 Å². The Labute approximate surface area is 134 Å². The van der Waals surface area contributed by atoms with E-state index in [1.54, 1.807) is 29.6 Å². The summed E-state index contributed by atoms with van der Waals surface area (Å²) < 4.78 is 1.16. The molecule has 0 saturated heterocycles. The average molecular weight is 335 g/mol. The molecule has 0 fully saturated rings. The highest BCUT2D eigenvalue weighted by Crippen LogP contribution is 2.27. The molecule has 1 aromatic carbocycles. The molecule has 112 valence electrons. The minimum atomic E-state index is -0.384. The van der Waals surface area contributed by atoms with E-state index in [0.29, 0.717) is 26.5 Å². The Hall–Kier alpha value is -2.38. The number of hydrogen-bond acceptors (Lipinski definition) is 5. The van der Waals surface area contributed by atoms with Crippen molar-refractivity contribution in [1.82, 2.24) is 15.1 Å². The fourth-order valence-electron chi connectivity index (χ4n) is 2.12. The van der Waals surface area contributed by atoms with Crippen LogP contribution in [0.4, 0.5) is 5.00 Å². The largest absolute Gasteiger partial charge is 0.390 e. The van der Waals surface area contributed by atoms with Crippen molar-refractivity contribution < 1.29 is 4.79 Å². The van der Waals surface area contributed by atoms with Gasteiger partial charge in [-0.1, -0.05) is 11.6 Å². The molecule has 0 spiro atoms. The number of nitrogen functional groups attached to an aromatic ring is 1. The molecule has 0 saturated carbocycles. The molecule has 0 aliphatic heterocycles. The average Bonchev–Trinajstić information content (AvgIpc) is 2.91. The number of nitrogens with one attached hydrogen (secondary N) is 1. The molecular weight excluding hydrogens is 324 g/mol. The topological polar surface area (TPSA) is 90.0 Å². The second-order valence-electron chi connectivity index (χ2n) is 4.51. The molecule has 3 rings (SSSR count). The van der Waals surface area contributed by atoms with Crippen molar-refractivity contribution in [2.45, 2.75) is 0 Å². The van der Waals surface area contributed by atoms with Crippen molar-refractivity contribution in [3.05, 3.63) is 50.7 Å². The Morgan fingerprint density at radius 2 is 2.05 bits per heavy atom. The van der Waals surface area contributed by atoms with Crippen LogP contribution in [0.5, 0.6) is 0 Å². The molecule has 2 heterocycles. The van der Waals surface area contributed by atoms with Gasteiger partial charge in [-0.15, -0.1) is 11.3 Å². The Morgan fingerprint density at radius 1 is 1.36 bits per heavy atom. The molecular formula is C14H11ClN4O2S. The van der Waals surface area contributed by atoms with E-state index in [2.05, 4.69) is 10.4 Å². The van der Waals surface area contributed by atoms with E-state index in [-0.39, 0.29) is 17.2 Å². The lowest BCUT2D eigenvalue weighted by Crippen LogP contribution is -2.28. The monoisotopic (exact) mass is 334 g/mol. The van der Waals surface area contributed by atoms with Crippen LogP contribution in [0.15, 0.2) is 34.4 Å². The number of nitrogens with two attached hydrogens (primary N) is 1. The number of aromatic nitrogens is 2. The van der Waals surface area contributed by atoms with Gasteiger partial charge in [0.15, 0.2) is 5.69 Å². The van der Waals surface area contributed by atoms with Crippen LogP contribution in [0, 0.1) is 0 Å². The molecule has 0 aliphatic carbocycles. The molecule has 22 heavy (non-hydrogen) atoms. The van der Waals surface area contributed by atoms with Gasteiger partial charge in [-0.25, -0.2) is 0 Å². The lowest BCUT2D eigenvalue weighted by molar-refractivity contribution is 0.0958. The smallest absolute Gasteiger partial charge is 0.282 e. The summed E-state index contributed by atoms with van der Waals surface area (Å²) in [7, 11) is 1.50. The normalized spacial score (nSPS) is 10.8. The van der Waals surface area contributed by atoms with Crippen molar-refractivity contribution in [3.8, 4) is 5.69 Å². The highest BCUT2D eigenvalue weighted by atomic mass is 35.5. The first-order valence-corrected chi connectivity index (χ1v) is 7.56. The van der Waals surface area contributed by atoms with Gasteiger partial charge in [0.2, 0.25) is 0 Å². The van der Waals surface area contributed by atoms with E-state index in [1.807, 2.05) is 0 Å². The van der Waals surface area contributed by atoms with Crippen molar-refractivity contribution in [3.63, 3.8) is 0 Å². The predicted octanol–water partition coefficient (Wildman–Crippen LogP) is 2.04. The molecule has 0 atom stereocenters. The molecule has 6 nitrogen and oxygen atoms in total. The van der Waals surface area contributed by atoms with Crippen LogP contribution < -0.4 is 16.6 Å². The van der Waals surface area contributed by atoms with Gasteiger partial charge >= 0.3 is 0 Å². The Morgan fingerprint density at radius 3 is 2.68 bits per heavy atom. The summed E-state index contributed by atoms with van der Waals surface area (Å²) in [6.07, 6.45) is 0. The number of carbonyl (C=O) groups excluding carboxylic acids is 1. The zero-order valence-corrected chi connectivity index (χ0v) is 13.0. The van der Waals surface area contributed by atoms with E-state index < -0.39 is 0 Å². The molecule has 0 bridgehead atoms. The number of anilines is 1. The van der Waals surface area contributed by atoms with Crippen LogP contribution in [-0.4, -0.2) is 22.7 Å². The SMILES string of the molecule is CNC(=O)c1nn(-c2ccc(Cl)cc2)c(=O)c2c(N)scc12. The number of fused-ring (bicyclic) bond motifs is 1. The first-order chi connectivity index (χ1) is 10.5. The van der Waals surface area contributed by atoms with Crippen LogP contribution >= 0.6 is 22.9 Å². The maximum Gasteiger partial charge on any atom is 0.282 e. The molecule has 8 heteroatoms. The Bertz CT molecular complexity index is 930. The quantitative estimate of drug-likeness (QED) is 0.750. The third-order valence-electron chi connectivity index (χ3n) is 3.19. The van der Waals surface area contributed by atoms with E-state index in [9.17, 15) is 9.59 Å². The second-order valence-corrected chi connectivity index (χ2v) is 5.86. The lowest BCUT2D eigenvalue weighted by atomic mass is 10.2. The van der Waals surface area contributed by atoms with Gasteiger partial charge in [0, 0.05) is 22.8 Å². The fourth-order valence-corrected chi connectivity index (χ4v) is 3.03. The van der Waals surface area contributed by atoms with Gasteiger partial charge in [0.1, 0.15) is 0 Å². The highest BCUT2D eigenvalue weighted by molar-refractivity contribution is 7.15. The van der Waals surface area contributed by atoms with Crippen LogP contribution in [0.2, 0.25) is 5.02 Å². The van der Waals surface area contributed by atoms with Crippen LogP contribution in [0.25, 0.3) is 16.5 Å². The molecule has 3 N–H and O–H groups in total. The maximum atomic E-state index is 12.6. The first-order valence-electron chi connectivity index (χ1n) is 6.31. The number of rotatable bonds is 2. The zero-order chi connectivity index (χ0) is 15.9. The number of thiophene rings is 1. The third-order valence-corrected chi connectivity index (χ3v) is 4.26. The van der Waals surface area contributed by atoms with E-state index in [1.165, 1.54) is 18.4 Å². The minimum absolute atomic E-state index is 0.153. The summed E-state index contributed by atoms with van der Waals surface area (Å²) in [5.41, 5.74) is 6.17. The van der Waals surface area contributed by atoms with Gasteiger partial charge in [-0.05, 0) is 24.3 Å². The van der Waals surface area contributed by atoms with Crippen molar-refractivity contribution >= 4 is 44.6 Å². The molecule has 3 aromatic rings. The maximum absolute atomic E-state index is 12.6. The fraction of sp³-hybridized carbons (Fsp3) is 0.0714. The molecule has 2 aromatic heterocycles. The summed E-state index contributed by atoms with van der Waals surface area (Å²) in [5.74, 6) is -0.384. The Kier molecular flexibility index (Phi) is 3.59. The van der Waals surface area contributed by atoms with Crippen LogP contribution in [0.1, 0.15) is 10.5 Å². The van der Waals surface area contributed by atoms with Crippen LogP contribution in [-0.2, 0) is 0 Å². The molecule has 0 unspecified atom stereocenters. The summed E-state index contributed by atoms with van der Waals surface area (Å²) in [6.45, 7) is 0. The Balaban J connectivity index is 2.38. The van der Waals surface area contributed by atoms with Gasteiger partial charge < -0.3 is 11.1 Å². The summed E-state index contributed by atoms with van der Waals surface area (Å²) >= 11 is 7.06. The number of carbonyl (C=O) groups is 1. The minimum Gasteiger partial charge on any atom is -0.390 e. The first kappa shape index (κ1) is 14.6. The second kappa shape index (κ2) is 5.43. The lowest BCUT2D eigenvalue weighted by Gasteiger charge is -2.08. The van der Waals surface area contributed by atoms with Gasteiger partial charge in [-0.2, -0.15) is 9.78 Å².